The van der Waals surface area contributed by atoms with Crippen LogP contribution in [0.5, 0.6) is 0 Å². The van der Waals surface area contributed by atoms with Gasteiger partial charge in [0.05, 0.1) is 6.54 Å². The molecule has 1 atom stereocenters. The molecule has 5 nitrogen and oxygen atoms in total. The molecule has 1 aliphatic heterocycles. The molecule has 1 aliphatic carbocycles. The van der Waals surface area contributed by atoms with Gasteiger partial charge in [-0.15, -0.1) is 0 Å². The van der Waals surface area contributed by atoms with Crippen molar-refractivity contribution >= 4 is 17.9 Å². The zero-order valence-corrected chi connectivity index (χ0v) is 13.9. The third kappa shape index (κ3) is 5.49. The monoisotopic (exact) mass is 327 g/mol. The molecule has 1 aromatic rings. The zero-order chi connectivity index (χ0) is 16.8. The van der Waals surface area contributed by atoms with Crippen molar-refractivity contribution in [1.29, 1.82) is 0 Å². The summed E-state index contributed by atoms with van der Waals surface area (Å²) in [5, 5.41) is 5.64. The minimum Gasteiger partial charge on any atom is -0.350 e. The summed E-state index contributed by atoms with van der Waals surface area (Å²) in [6.45, 7) is 3.20. The van der Waals surface area contributed by atoms with E-state index in [1.165, 1.54) is 25.5 Å². The molecule has 3 rings (SSSR count). The van der Waals surface area contributed by atoms with Crippen molar-refractivity contribution in [2.75, 3.05) is 26.2 Å². The first-order valence-electron chi connectivity index (χ1n) is 8.72. The normalized spacial score (nSPS) is 21.1. The van der Waals surface area contributed by atoms with Crippen LogP contribution in [0.3, 0.4) is 0 Å². The van der Waals surface area contributed by atoms with Crippen molar-refractivity contribution in [3.8, 4) is 0 Å². The summed E-state index contributed by atoms with van der Waals surface area (Å²) in [6, 6.07) is 9.82. The second-order valence-electron chi connectivity index (χ2n) is 6.72. The van der Waals surface area contributed by atoms with Crippen molar-refractivity contribution < 1.29 is 9.59 Å². The summed E-state index contributed by atoms with van der Waals surface area (Å²) in [6.07, 6.45) is 6.90. The fourth-order valence-electron chi connectivity index (χ4n) is 3.02. The molecular formula is C19H25N3O2. The summed E-state index contributed by atoms with van der Waals surface area (Å²) < 4.78 is 0. The van der Waals surface area contributed by atoms with Crippen LogP contribution in [0.4, 0.5) is 0 Å². The van der Waals surface area contributed by atoms with Crippen LogP contribution in [0.1, 0.15) is 24.8 Å². The van der Waals surface area contributed by atoms with Gasteiger partial charge in [0.2, 0.25) is 11.8 Å². The van der Waals surface area contributed by atoms with Gasteiger partial charge in [-0.25, -0.2) is 0 Å². The maximum Gasteiger partial charge on any atom is 0.244 e. The van der Waals surface area contributed by atoms with Crippen molar-refractivity contribution in [1.82, 2.24) is 15.5 Å². The van der Waals surface area contributed by atoms with Crippen LogP contribution in [0.25, 0.3) is 6.08 Å². The Kier molecular flexibility index (Phi) is 5.64. The van der Waals surface area contributed by atoms with E-state index < -0.39 is 0 Å². The molecule has 24 heavy (non-hydrogen) atoms. The molecule has 5 heteroatoms. The molecule has 0 bridgehead atoms. The molecule has 2 aliphatic rings. The number of rotatable bonds is 7. The average Bonchev–Trinajstić information content (AvgIpc) is 3.30. The van der Waals surface area contributed by atoms with Gasteiger partial charge in [-0.1, -0.05) is 30.3 Å². The quantitative estimate of drug-likeness (QED) is 0.745. The van der Waals surface area contributed by atoms with Crippen LogP contribution in [-0.2, 0) is 9.59 Å². The van der Waals surface area contributed by atoms with Gasteiger partial charge < -0.3 is 15.5 Å². The van der Waals surface area contributed by atoms with Crippen LogP contribution in [0, 0.1) is 5.92 Å². The van der Waals surface area contributed by atoms with Crippen molar-refractivity contribution in [3.05, 3.63) is 42.0 Å². The number of amides is 2. The van der Waals surface area contributed by atoms with E-state index >= 15 is 0 Å². The SMILES string of the molecule is O=C(/C=C/c1ccccc1)NCC(=O)N[C@H]1CCN(CC2CC2)C1. The first-order chi connectivity index (χ1) is 11.7. The zero-order valence-electron chi connectivity index (χ0n) is 13.9. The van der Waals surface area contributed by atoms with E-state index in [1.807, 2.05) is 30.3 Å². The Bertz CT molecular complexity index is 596. The Labute approximate surface area is 143 Å². The number of carbonyl (C=O) groups excluding carboxylic acids is 2. The molecule has 1 saturated heterocycles. The number of carbonyl (C=O) groups is 2. The Morgan fingerprint density at radius 1 is 1.17 bits per heavy atom. The van der Waals surface area contributed by atoms with Crippen LogP contribution in [-0.4, -0.2) is 48.9 Å². The molecule has 1 saturated carbocycles. The maximum atomic E-state index is 12.0. The predicted octanol–water partition coefficient (Wildman–Crippen LogP) is 1.42. The van der Waals surface area contributed by atoms with E-state index in [1.54, 1.807) is 6.08 Å². The summed E-state index contributed by atoms with van der Waals surface area (Å²) in [7, 11) is 0. The molecule has 0 unspecified atom stereocenters. The first-order valence-corrected chi connectivity index (χ1v) is 8.72. The molecule has 2 N–H and O–H groups in total. The van der Waals surface area contributed by atoms with Gasteiger partial charge in [0, 0.05) is 31.8 Å². The van der Waals surface area contributed by atoms with Crippen LogP contribution in [0.15, 0.2) is 36.4 Å². The minimum atomic E-state index is -0.254. The summed E-state index contributed by atoms with van der Waals surface area (Å²) in [4.78, 5) is 26.1. The lowest BCUT2D eigenvalue weighted by Crippen LogP contribution is -2.42. The van der Waals surface area contributed by atoms with E-state index in [0.717, 1.165) is 31.0 Å². The van der Waals surface area contributed by atoms with Gasteiger partial charge in [0.1, 0.15) is 0 Å². The van der Waals surface area contributed by atoms with Crippen LogP contribution in [0.2, 0.25) is 0 Å². The Balaban J connectivity index is 1.33. The third-order valence-corrected chi connectivity index (χ3v) is 4.50. The molecule has 128 valence electrons. The first kappa shape index (κ1) is 16.7. The molecule has 1 aromatic carbocycles. The number of likely N-dealkylation sites (tertiary alicyclic amines) is 1. The lowest BCUT2D eigenvalue weighted by molar-refractivity contribution is -0.124. The van der Waals surface area contributed by atoms with Crippen molar-refractivity contribution in [3.63, 3.8) is 0 Å². The van der Waals surface area contributed by atoms with Gasteiger partial charge >= 0.3 is 0 Å². The molecule has 2 fully saturated rings. The average molecular weight is 327 g/mol. The molecule has 1 heterocycles. The lowest BCUT2D eigenvalue weighted by atomic mass is 10.2. The van der Waals surface area contributed by atoms with E-state index in [9.17, 15) is 9.59 Å². The minimum absolute atomic E-state index is 0.0249. The standard InChI is InChI=1S/C19H25N3O2/c23-18(9-8-15-4-2-1-3-5-15)20-12-19(24)21-17-10-11-22(14-17)13-16-6-7-16/h1-5,8-9,16-17H,6-7,10-14H2,(H,20,23)(H,21,24)/b9-8+/t17-/m0/s1. The van der Waals surface area contributed by atoms with Gasteiger partial charge in [-0.3, -0.25) is 9.59 Å². The molecule has 0 aromatic heterocycles. The van der Waals surface area contributed by atoms with E-state index in [4.69, 9.17) is 0 Å². The molecular weight excluding hydrogens is 302 g/mol. The highest BCUT2D eigenvalue weighted by Crippen LogP contribution is 2.30. The van der Waals surface area contributed by atoms with E-state index in [-0.39, 0.29) is 24.4 Å². The second-order valence-corrected chi connectivity index (χ2v) is 6.72. The Hall–Kier alpha value is -2.14. The number of nitrogens with one attached hydrogen (secondary N) is 2. The Morgan fingerprint density at radius 3 is 2.71 bits per heavy atom. The molecule has 0 spiro atoms. The highest BCUT2D eigenvalue weighted by Gasteiger charge is 2.29. The van der Waals surface area contributed by atoms with Crippen molar-refractivity contribution in [2.24, 2.45) is 5.92 Å². The highest BCUT2D eigenvalue weighted by atomic mass is 16.2. The highest BCUT2D eigenvalue weighted by molar-refractivity contribution is 5.94. The van der Waals surface area contributed by atoms with Gasteiger partial charge in [0.25, 0.3) is 0 Å². The number of hydrogen-bond acceptors (Lipinski definition) is 3. The topological polar surface area (TPSA) is 61.4 Å². The summed E-state index contributed by atoms with van der Waals surface area (Å²) in [5.41, 5.74) is 0.957. The van der Waals surface area contributed by atoms with Gasteiger partial charge in [-0.05, 0) is 36.8 Å². The second kappa shape index (κ2) is 8.11. The van der Waals surface area contributed by atoms with Crippen molar-refractivity contribution in [2.45, 2.75) is 25.3 Å². The van der Waals surface area contributed by atoms with E-state index in [0.29, 0.717) is 0 Å². The lowest BCUT2D eigenvalue weighted by Gasteiger charge is -2.16. The third-order valence-electron chi connectivity index (χ3n) is 4.50. The number of nitrogens with zero attached hydrogens (tertiary/aromatic N) is 1. The largest absolute Gasteiger partial charge is 0.350 e. The Morgan fingerprint density at radius 2 is 1.96 bits per heavy atom. The van der Waals surface area contributed by atoms with Crippen LogP contribution >= 0.6 is 0 Å². The maximum absolute atomic E-state index is 12.0. The number of hydrogen-bond donors (Lipinski definition) is 2. The smallest absolute Gasteiger partial charge is 0.244 e. The fourth-order valence-corrected chi connectivity index (χ4v) is 3.02. The number of benzene rings is 1. The predicted molar refractivity (Wildman–Crippen MR) is 94.2 cm³/mol. The van der Waals surface area contributed by atoms with E-state index in [2.05, 4.69) is 15.5 Å². The van der Waals surface area contributed by atoms with Gasteiger partial charge in [-0.2, -0.15) is 0 Å². The summed E-state index contributed by atoms with van der Waals surface area (Å²) >= 11 is 0. The molecule has 2 amide bonds. The molecule has 0 radical (unpaired) electrons. The van der Waals surface area contributed by atoms with Crippen LogP contribution < -0.4 is 10.6 Å². The summed E-state index contributed by atoms with van der Waals surface area (Å²) in [5.74, 6) is 0.514. The van der Waals surface area contributed by atoms with Gasteiger partial charge in [0.15, 0.2) is 0 Å². The fraction of sp³-hybridized carbons (Fsp3) is 0.474.